The van der Waals surface area contributed by atoms with E-state index in [4.69, 9.17) is 4.74 Å². The van der Waals surface area contributed by atoms with E-state index in [9.17, 15) is 15.0 Å². The van der Waals surface area contributed by atoms with Crippen molar-refractivity contribution < 1.29 is 24.5 Å². The molecule has 0 aromatic rings. The highest BCUT2D eigenvalue weighted by Crippen LogP contribution is 2.25. The van der Waals surface area contributed by atoms with Gasteiger partial charge in [0.05, 0.1) is 26.2 Å². The van der Waals surface area contributed by atoms with Gasteiger partial charge in [0.1, 0.15) is 0 Å². The predicted octanol–water partition coefficient (Wildman–Crippen LogP) is -0.591. The largest absolute Gasteiger partial charge is 0.469 e. The molecule has 0 spiro atoms. The number of aliphatic hydroxyl groups excluding tert-OH is 1. The van der Waals surface area contributed by atoms with Crippen LogP contribution in [-0.2, 0) is 14.3 Å². The predicted molar refractivity (Wildman–Crippen MR) is 42.8 cm³/mol. The molecule has 2 atom stereocenters. The zero-order chi connectivity index (χ0) is 9.90. The van der Waals surface area contributed by atoms with Crippen LogP contribution in [-0.4, -0.2) is 41.8 Å². The maximum Gasteiger partial charge on any atom is 0.310 e. The standard InChI is InChI=1S/C8H14O5/c1-12-7(10)5-8(11)4-6(9)2-3-13-8/h6,9,11H,2-5H2,1H3/t6-,8+/m1/s1. The van der Waals surface area contributed by atoms with Crippen molar-refractivity contribution in [1.82, 2.24) is 0 Å². The third kappa shape index (κ3) is 2.95. The smallest absolute Gasteiger partial charge is 0.310 e. The van der Waals surface area contributed by atoms with Crippen LogP contribution in [0.25, 0.3) is 0 Å². The third-order valence-electron chi connectivity index (χ3n) is 2.02. The lowest BCUT2D eigenvalue weighted by molar-refractivity contribution is -0.247. The summed E-state index contributed by atoms with van der Waals surface area (Å²) in [6.45, 7) is 0.259. The van der Waals surface area contributed by atoms with Crippen LogP contribution in [0.3, 0.4) is 0 Å². The number of esters is 1. The average Bonchev–Trinajstić information content (AvgIpc) is 2.02. The molecule has 1 fully saturated rings. The number of methoxy groups -OCH3 is 1. The molecule has 0 bridgehead atoms. The van der Waals surface area contributed by atoms with Gasteiger partial charge in [-0.3, -0.25) is 4.79 Å². The van der Waals surface area contributed by atoms with Crippen molar-refractivity contribution in [3.63, 3.8) is 0 Å². The molecule has 1 rings (SSSR count). The summed E-state index contributed by atoms with van der Waals surface area (Å²) in [5, 5.41) is 18.9. The first kappa shape index (κ1) is 10.4. The minimum atomic E-state index is -1.55. The summed E-state index contributed by atoms with van der Waals surface area (Å²) in [6.07, 6.45) is -0.296. The minimum Gasteiger partial charge on any atom is -0.469 e. The highest BCUT2D eigenvalue weighted by Gasteiger charge is 2.37. The van der Waals surface area contributed by atoms with Crippen molar-refractivity contribution in [2.75, 3.05) is 13.7 Å². The average molecular weight is 190 g/mol. The van der Waals surface area contributed by atoms with E-state index in [2.05, 4.69) is 4.74 Å². The van der Waals surface area contributed by atoms with Gasteiger partial charge in [-0.2, -0.15) is 0 Å². The Labute approximate surface area is 76.3 Å². The number of aliphatic hydroxyl groups is 2. The third-order valence-corrected chi connectivity index (χ3v) is 2.02. The lowest BCUT2D eigenvalue weighted by Crippen LogP contribution is -2.43. The molecule has 2 N–H and O–H groups in total. The fourth-order valence-electron chi connectivity index (χ4n) is 1.34. The van der Waals surface area contributed by atoms with Gasteiger partial charge in [0, 0.05) is 6.42 Å². The van der Waals surface area contributed by atoms with Gasteiger partial charge in [-0.05, 0) is 6.42 Å². The van der Waals surface area contributed by atoms with Gasteiger partial charge in [0.25, 0.3) is 0 Å². The van der Waals surface area contributed by atoms with E-state index in [0.29, 0.717) is 6.42 Å². The lowest BCUT2D eigenvalue weighted by atomic mass is 10.0. The maximum atomic E-state index is 10.8. The molecule has 1 saturated heterocycles. The van der Waals surface area contributed by atoms with Crippen LogP contribution in [0.15, 0.2) is 0 Å². The molecule has 0 amide bonds. The van der Waals surface area contributed by atoms with Crippen LogP contribution in [0.2, 0.25) is 0 Å². The molecule has 1 aliphatic heterocycles. The number of ether oxygens (including phenoxy) is 2. The van der Waals surface area contributed by atoms with Crippen LogP contribution in [0, 0.1) is 0 Å². The van der Waals surface area contributed by atoms with Gasteiger partial charge in [0.2, 0.25) is 0 Å². The summed E-state index contributed by atoms with van der Waals surface area (Å²) < 4.78 is 9.40. The van der Waals surface area contributed by atoms with E-state index in [-0.39, 0.29) is 19.4 Å². The van der Waals surface area contributed by atoms with Gasteiger partial charge in [0.15, 0.2) is 5.79 Å². The minimum absolute atomic E-state index is 0.0576. The molecule has 13 heavy (non-hydrogen) atoms. The van der Waals surface area contributed by atoms with Crippen molar-refractivity contribution in [2.24, 2.45) is 0 Å². The Bertz CT molecular complexity index is 193. The van der Waals surface area contributed by atoms with Gasteiger partial charge in [-0.15, -0.1) is 0 Å². The topological polar surface area (TPSA) is 76.0 Å². The summed E-state index contributed by atoms with van der Waals surface area (Å²) in [5.41, 5.74) is 0. The number of carbonyl (C=O) groups is 1. The van der Waals surface area contributed by atoms with E-state index in [0.717, 1.165) is 0 Å². The van der Waals surface area contributed by atoms with Crippen molar-refractivity contribution >= 4 is 5.97 Å². The molecule has 5 nitrogen and oxygen atoms in total. The normalized spacial score (nSPS) is 34.2. The molecule has 5 heteroatoms. The number of carbonyl (C=O) groups excluding carboxylic acids is 1. The van der Waals surface area contributed by atoms with Crippen LogP contribution < -0.4 is 0 Å². The Kier molecular flexibility index (Phi) is 3.24. The van der Waals surface area contributed by atoms with Crippen LogP contribution >= 0.6 is 0 Å². The van der Waals surface area contributed by atoms with Crippen molar-refractivity contribution in [2.45, 2.75) is 31.2 Å². The zero-order valence-corrected chi connectivity index (χ0v) is 7.52. The quantitative estimate of drug-likeness (QED) is 0.569. The highest BCUT2D eigenvalue weighted by molar-refractivity contribution is 5.70. The molecular weight excluding hydrogens is 176 g/mol. The van der Waals surface area contributed by atoms with Crippen molar-refractivity contribution in [3.05, 3.63) is 0 Å². The second-order valence-corrected chi connectivity index (χ2v) is 3.19. The zero-order valence-electron chi connectivity index (χ0n) is 7.52. The molecular formula is C8H14O5. The molecule has 0 aliphatic carbocycles. The second-order valence-electron chi connectivity index (χ2n) is 3.19. The lowest BCUT2D eigenvalue weighted by Gasteiger charge is -2.33. The molecule has 1 aliphatic rings. The summed E-state index contributed by atoms with van der Waals surface area (Å²) in [4.78, 5) is 10.8. The van der Waals surface area contributed by atoms with Gasteiger partial charge >= 0.3 is 5.97 Å². The Morgan fingerprint density at radius 3 is 3.00 bits per heavy atom. The second kappa shape index (κ2) is 4.04. The maximum absolute atomic E-state index is 10.8. The Balaban J connectivity index is 2.49. The van der Waals surface area contributed by atoms with Gasteiger partial charge in [-0.25, -0.2) is 0 Å². The van der Waals surface area contributed by atoms with Crippen molar-refractivity contribution in [3.8, 4) is 0 Å². The monoisotopic (exact) mass is 190 g/mol. The van der Waals surface area contributed by atoms with E-state index in [1.54, 1.807) is 0 Å². The first-order valence-corrected chi connectivity index (χ1v) is 4.17. The fourth-order valence-corrected chi connectivity index (χ4v) is 1.34. The van der Waals surface area contributed by atoms with Crippen LogP contribution in [0.1, 0.15) is 19.3 Å². The molecule has 0 aromatic carbocycles. The fraction of sp³-hybridized carbons (Fsp3) is 0.875. The van der Waals surface area contributed by atoms with Crippen molar-refractivity contribution in [1.29, 1.82) is 0 Å². The van der Waals surface area contributed by atoms with Crippen LogP contribution in [0.4, 0.5) is 0 Å². The van der Waals surface area contributed by atoms with E-state index >= 15 is 0 Å². The first-order valence-electron chi connectivity index (χ1n) is 4.17. The van der Waals surface area contributed by atoms with Crippen LogP contribution in [0.5, 0.6) is 0 Å². The number of hydrogen-bond donors (Lipinski definition) is 2. The van der Waals surface area contributed by atoms with E-state index in [1.165, 1.54) is 7.11 Å². The van der Waals surface area contributed by atoms with E-state index in [1.807, 2.05) is 0 Å². The summed E-state index contributed by atoms with van der Waals surface area (Å²) in [6, 6.07) is 0. The number of rotatable bonds is 2. The molecule has 1 heterocycles. The van der Waals surface area contributed by atoms with Gasteiger partial charge in [-0.1, -0.05) is 0 Å². The summed E-state index contributed by atoms with van der Waals surface area (Å²) in [5.74, 6) is -2.10. The summed E-state index contributed by atoms with van der Waals surface area (Å²) >= 11 is 0. The molecule has 0 aromatic heterocycles. The Morgan fingerprint density at radius 1 is 1.77 bits per heavy atom. The molecule has 0 saturated carbocycles. The highest BCUT2D eigenvalue weighted by atomic mass is 16.6. The number of hydrogen-bond acceptors (Lipinski definition) is 5. The van der Waals surface area contributed by atoms with Gasteiger partial charge < -0.3 is 19.7 Å². The SMILES string of the molecule is COC(=O)C[C@]1(O)C[C@H](O)CCO1. The first-order chi connectivity index (χ1) is 6.06. The Hall–Kier alpha value is -0.650. The van der Waals surface area contributed by atoms with E-state index < -0.39 is 17.9 Å². The molecule has 76 valence electrons. The Morgan fingerprint density at radius 2 is 2.46 bits per heavy atom. The molecule has 0 radical (unpaired) electrons. The molecule has 0 unspecified atom stereocenters. The summed E-state index contributed by atoms with van der Waals surface area (Å²) in [7, 11) is 1.24.